The SMILES string of the molecule is Cc1cccc(NC(=O)CSCC(=O)NNc2ccccc2C(F)(F)F)c1. The highest BCUT2D eigenvalue weighted by Crippen LogP contribution is 2.34. The average molecular weight is 397 g/mol. The number of alkyl halides is 3. The highest BCUT2D eigenvalue weighted by Gasteiger charge is 2.33. The van der Waals surface area contributed by atoms with Crippen LogP contribution in [0.15, 0.2) is 48.5 Å². The number of para-hydroxylation sites is 1. The van der Waals surface area contributed by atoms with Crippen molar-refractivity contribution in [2.45, 2.75) is 13.1 Å². The van der Waals surface area contributed by atoms with Crippen molar-refractivity contribution in [3.05, 3.63) is 59.7 Å². The maximum atomic E-state index is 12.9. The molecule has 0 saturated carbocycles. The van der Waals surface area contributed by atoms with Gasteiger partial charge in [0.1, 0.15) is 0 Å². The van der Waals surface area contributed by atoms with Crippen molar-refractivity contribution in [1.82, 2.24) is 5.43 Å². The Morgan fingerprint density at radius 3 is 2.41 bits per heavy atom. The Kier molecular flexibility index (Phi) is 7.12. The summed E-state index contributed by atoms with van der Waals surface area (Å²) in [5, 5.41) is 2.71. The normalized spacial score (nSPS) is 11.0. The van der Waals surface area contributed by atoms with Gasteiger partial charge in [-0.3, -0.25) is 20.4 Å². The standard InChI is InChI=1S/C18H18F3N3O2S/c1-12-5-4-6-13(9-12)22-16(25)10-27-11-17(26)24-23-15-8-3-2-7-14(15)18(19,20)21/h2-9,23H,10-11H2,1H3,(H,22,25)(H,24,26). The van der Waals surface area contributed by atoms with Crippen LogP contribution in [0.3, 0.4) is 0 Å². The number of carbonyl (C=O) groups is 2. The zero-order valence-corrected chi connectivity index (χ0v) is 15.2. The molecule has 144 valence electrons. The molecular weight excluding hydrogens is 379 g/mol. The number of anilines is 2. The van der Waals surface area contributed by atoms with E-state index in [1.165, 1.54) is 18.2 Å². The highest BCUT2D eigenvalue weighted by atomic mass is 32.2. The molecule has 0 unspecified atom stereocenters. The lowest BCUT2D eigenvalue weighted by molar-refractivity contribution is -0.137. The molecule has 2 rings (SSSR count). The summed E-state index contributed by atoms with van der Waals surface area (Å²) in [5.41, 5.74) is 5.01. The second-order valence-electron chi connectivity index (χ2n) is 5.63. The molecule has 5 nitrogen and oxygen atoms in total. The van der Waals surface area contributed by atoms with Crippen LogP contribution >= 0.6 is 11.8 Å². The van der Waals surface area contributed by atoms with Gasteiger partial charge in [0.2, 0.25) is 11.8 Å². The van der Waals surface area contributed by atoms with E-state index < -0.39 is 17.6 Å². The molecule has 0 aliphatic rings. The molecule has 2 aromatic rings. The fourth-order valence-electron chi connectivity index (χ4n) is 2.17. The summed E-state index contributed by atoms with van der Waals surface area (Å²) in [7, 11) is 0. The van der Waals surface area contributed by atoms with Crippen LogP contribution in [0.25, 0.3) is 0 Å². The first-order valence-electron chi connectivity index (χ1n) is 7.91. The van der Waals surface area contributed by atoms with Gasteiger partial charge in [-0.25, -0.2) is 0 Å². The van der Waals surface area contributed by atoms with Crippen LogP contribution in [-0.4, -0.2) is 23.3 Å². The number of hydrogen-bond acceptors (Lipinski definition) is 4. The lowest BCUT2D eigenvalue weighted by atomic mass is 10.2. The monoisotopic (exact) mass is 397 g/mol. The van der Waals surface area contributed by atoms with Gasteiger partial charge in [-0.2, -0.15) is 13.2 Å². The molecule has 0 atom stereocenters. The first kappa shape index (κ1) is 20.6. The maximum Gasteiger partial charge on any atom is 0.418 e. The molecule has 0 aliphatic carbocycles. The number of nitrogens with one attached hydrogen (secondary N) is 3. The maximum absolute atomic E-state index is 12.9. The summed E-state index contributed by atoms with van der Waals surface area (Å²) >= 11 is 1.05. The van der Waals surface area contributed by atoms with Crippen LogP contribution < -0.4 is 16.2 Å². The quantitative estimate of drug-likeness (QED) is 0.621. The van der Waals surface area contributed by atoms with E-state index in [2.05, 4.69) is 16.2 Å². The minimum atomic E-state index is -4.53. The van der Waals surface area contributed by atoms with Gasteiger partial charge in [-0.15, -0.1) is 11.8 Å². The van der Waals surface area contributed by atoms with Gasteiger partial charge in [0.15, 0.2) is 0 Å². The number of aryl methyl sites for hydroxylation is 1. The van der Waals surface area contributed by atoms with Gasteiger partial charge < -0.3 is 5.32 Å². The third-order valence-corrected chi connectivity index (χ3v) is 4.27. The fourth-order valence-corrected chi connectivity index (χ4v) is 2.79. The van der Waals surface area contributed by atoms with Crippen LogP contribution in [0.4, 0.5) is 24.5 Å². The van der Waals surface area contributed by atoms with Crippen molar-refractivity contribution >= 4 is 35.0 Å². The van der Waals surface area contributed by atoms with Crippen molar-refractivity contribution in [1.29, 1.82) is 0 Å². The molecule has 0 radical (unpaired) electrons. The van der Waals surface area contributed by atoms with E-state index in [-0.39, 0.29) is 23.1 Å². The summed E-state index contributed by atoms with van der Waals surface area (Å²) in [6.45, 7) is 1.90. The van der Waals surface area contributed by atoms with Gasteiger partial charge in [0, 0.05) is 5.69 Å². The Labute approximate surface area is 158 Å². The molecule has 0 bridgehead atoms. The Morgan fingerprint density at radius 1 is 1.00 bits per heavy atom. The molecule has 0 saturated heterocycles. The predicted octanol–water partition coefficient (Wildman–Crippen LogP) is 3.83. The molecule has 0 aromatic heterocycles. The van der Waals surface area contributed by atoms with Gasteiger partial charge in [0.05, 0.1) is 22.8 Å². The van der Waals surface area contributed by atoms with Crippen molar-refractivity contribution in [2.24, 2.45) is 0 Å². The van der Waals surface area contributed by atoms with Crippen LogP contribution in [0.5, 0.6) is 0 Å². The zero-order valence-electron chi connectivity index (χ0n) is 14.4. The summed E-state index contributed by atoms with van der Waals surface area (Å²) in [6, 6.07) is 12.1. The average Bonchev–Trinajstić information content (AvgIpc) is 2.59. The van der Waals surface area contributed by atoms with Gasteiger partial charge in [0.25, 0.3) is 0 Å². The molecule has 27 heavy (non-hydrogen) atoms. The Bertz CT molecular complexity index is 812. The second kappa shape index (κ2) is 9.31. The lowest BCUT2D eigenvalue weighted by Crippen LogP contribution is -2.32. The molecular formula is C18H18F3N3O2S. The number of hydrazine groups is 1. The van der Waals surface area contributed by atoms with E-state index in [0.29, 0.717) is 5.69 Å². The summed E-state index contributed by atoms with van der Waals surface area (Å²) in [5.74, 6) is -0.850. The molecule has 0 fully saturated rings. The topological polar surface area (TPSA) is 70.2 Å². The van der Waals surface area contributed by atoms with E-state index in [1.807, 2.05) is 25.1 Å². The van der Waals surface area contributed by atoms with E-state index in [4.69, 9.17) is 0 Å². The fraction of sp³-hybridized carbons (Fsp3) is 0.222. The molecule has 0 spiro atoms. The van der Waals surface area contributed by atoms with E-state index in [9.17, 15) is 22.8 Å². The first-order valence-corrected chi connectivity index (χ1v) is 9.06. The van der Waals surface area contributed by atoms with Crippen molar-refractivity contribution in [2.75, 3.05) is 22.2 Å². The van der Waals surface area contributed by atoms with Crippen molar-refractivity contribution in [3.8, 4) is 0 Å². The number of hydrogen-bond donors (Lipinski definition) is 3. The summed E-state index contributed by atoms with van der Waals surface area (Å²) in [4.78, 5) is 23.6. The molecule has 3 N–H and O–H groups in total. The number of rotatable bonds is 7. The number of amides is 2. The van der Waals surface area contributed by atoms with Crippen molar-refractivity contribution < 1.29 is 22.8 Å². The zero-order chi connectivity index (χ0) is 19.9. The smallest absolute Gasteiger partial charge is 0.325 e. The minimum Gasteiger partial charge on any atom is -0.325 e. The number of benzene rings is 2. The van der Waals surface area contributed by atoms with Gasteiger partial charge >= 0.3 is 6.18 Å². The lowest BCUT2D eigenvalue weighted by Gasteiger charge is -2.14. The van der Waals surface area contributed by atoms with Crippen LogP contribution in [-0.2, 0) is 15.8 Å². The third-order valence-electron chi connectivity index (χ3n) is 3.34. The van der Waals surface area contributed by atoms with Crippen LogP contribution in [0.2, 0.25) is 0 Å². The Balaban J connectivity index is 1.75. The van der Waals surface area contributed by atoms with Gasteiger partial charge in [-0.05, 0) is 36.8 Å². The molecule has 2 aromatic carbocycles. The van der Waals surface area contributed by atoms with Crippen molar-refractivity contribution in [3.63, 3.8) is 0 Å². The van der Waals surface area contributed by atoms with Crippen LogP contribution in [0.1, 0.15) is 11.1 Å². The molecule has 2 amide bonds. The number of thioether (sulfide) groups is 1. The second-order valence-corrected chi connectivity index (χ2v) is 6.61. The largest absolute Gasteiger partial charge is 0.418 e. The summed E-state index contributed by atoms with van der Waals surface area (Å²) in [6.07, 6.45) is -4.53. The van der Waals surface area contributed by atoms with E-state index >= 15 is 0 Å². The molecule has 0 heterocycles. The Hall–Kier alpha value is -2.68. The number of halogens is 3. The molecule has 0 aliphatic heterocycles. The predicted molar refractivity (Wildman–Crippen MR) is 100 cm³/mol. The Morgan fingerprint density at radius 2 is 1.70 bits per heavy atom. The summed E-state index contributed by atoms with van der Waals surface area (Å²) < 4.78 is 38.6. The molecule has 9 heteroatoms. The van der Waals surface area contributed by atoms with E-state index in [1.54, 1.807) is 6.07 Å². The van der Waals surface area contributed by atoms with Gasteiger partial charge in [-0.1, -0.05) is 24.3 Å². The van der Waals surface area contributed by atoms with Crippen LogP contribution in [0, 0.1) is 6.92 Å². The first-order chi connectivity index (χ1) is 12.8. The minimum absolute atomic E-state index is 0.0422. The van der Waals surface area contributed by atoms with E-state index in [0.717, 1.165) is 23.4 Å². The highest BCUT2D eigenvalue weighted by molar-refractivity contribution is 8.00. The number of carbonyl (C=O) groups excluding carboxylic acids is 2. The third kappa shape index (κ3) is 6.86.